The van der Waals surface area contributed by atoms with Crippen LogP contribution in [0.4, 0.5) is 32.0 Å². The van der Waals surface area contributed by atoms with Crippen LogP contribution in [0.3, 0.4) is 0 Å². The normalized spacial score (nSPS) is 14.5. The molecule has 0 spiro atoms. The Hall–Kier alpha value is -2.94. The molecule has 0 aliphatic carbocycles. The van der Waals surface area contributed by atoms with Gasteiger partial charge >= 0.3 is 281 Å². The van der Waals surface area contributed by atoms with Crippen LogP contribution in [0.1, 0.15) is 42.5 Å². The van der Waals surface area contributed by atoms with Gasteiger partial charge in [-0.05, 0) is 0 Å². The summed E-state index contributed by atoms with van der Waals surface area (Å²) in [7, 11) is 0. The van der Waals surface area contributed by atoms with E-state index in [2.05, 4.69) is 81.6 Å². The first-order chi connectivity index (χ1) is 21.5. The molecule has 0 saturated carbocycles. The zero-order valence-electron chi connectivity index (χ0n) is 25.6. The van der Waals surface area contributed by atoms with Crippen LogP contribution in [0.2, 0.25) is 0 Å². The van der Waals surface area contributed by atoms with E-state index in [1.807, 2.05) is 50.2 Å². The summed E-state index contributed by atoms with van der Waals surface area (Å²) in [6.07, 6.45) is -7.98. The first kappa shape index (κ1) is 35.9. The summed E-state index contributed by atoms with van der Waals surface area (Å²) in [5.41, 5.74) is -0.966. The number of nitrogens with one attached hydrogen (secondary N) is 2. The van der Waals surface area contributed by atoms with Crippen LogP contribution in [-0.2, 0) is 18.5 Å². The monoisotopic (exact) mass is 740 g/mol. The minimum atomic E-state index is -4.97. The molecule has 4 aromatic rings. The number of aryl methyl sites for hydroxylation is 1. The van der Waals surface area contributed by atoms with E-state index >= 15 is 0 Å². The summed E-state index contributed by atoms with van der Waals surface area (Å²) in [5.74, 6) is 0.0245. The molecule has 4 aromatic carbocycles. The van der Waals surface area contributed by atoms with Crippen LogP contribution in [0.15, 0.2) is 103 Å². The third kappa shape index (κ3) is 8.31. The average Bonchev–Trinajstić information content (AvgIpc) is 3.01. The summed E-state index contributed by atoms with van der Waals surface area (Å²) in [6.45, 7) is 6.12. The van der Waals surface area contributed by atoms with E-state index in [0.717, 1.165) is 28.2 Å². The zero-order valence-corrected chi connectivity index (χ0v) is 28.9. The van der Waals surface area contributed by atoms with E-state index in [1.54, 1.807) is 0 Å². The van der Waals surface area contributed by atoms with Crippen molar-refractivity contribution in [3.05, 3.63) is 125 Å². The molecular weight excluding hydrogens is 705 g/mol. The van der Waals surface area contributed by atoms with E-state index in [0.29, 0.717) is 24.5 Å². The summed E-state index contributed by atoms with van der Waals surface area (Å²) in [5, 5.41) is 4.77. The molecular formula is C35H36BrF6N2PS. The second-order valence-electron chi connectivity index (χ2n) is 11.8. The number of thiocarbonyl (C=S) groups is 1. The van der Waals surface area contributed by atoms with Gasteiger partial charge in [-0.1, -0.05) is 0 Å². The molecule has 46 heavy (non-hydrogen) atoms. The van der Waals surface area contributed by atoms with Gasteiger partial charge in [0.15, 0.2) is 0 Å². The van der Waals surface area contributed by atoms with Crippen molar-refractivity contribution in [2.45, 2.75) is 51.7 Å². The van der Waals surface area contributed by atoms with Gasteiger partial charge in [0.1, 0.15) is 0 Å². The standard InChI is InChI=1S/C35H36BrF6N2PS/c1-4-25(3)32(44-33(46)43-29-20-27(34(37,38)39)19-28(21-29)35(40,41)42)23-45(36,30-11-7-5-8-12-30,31-13-9-6-10-14-31)22-26-17-15-24(2)16-18-26/h5-21,25,32H,4,22-23H2,1-3H3,(H2,43,44,46)/t25-,32+/m0/s1. The van der Waals surface area contributed by atoms with E-state index < -0.39 is 34.5 Å². The second kappa shape index (κ2) is 14.0. The van der Waals surface area contributed by atoms with Crippen LogP contribution in [0.5, 0.6) is 0 Å². The molecule has 4 rings (SSSR count). The van der Waals surface area contributed by atoms with Gasteiger partial charge in [-0.3, -0.25) is 0 Å². The molecule has 0 heterocycles. The molecule has 0 saturated heterocycles. The van der Waals surface area contributed by atoms with Crippen LogP contribution in [0.25, 0.3) is 0 Å². The van der Waals surface area contributed by atoms with E-state index in [4.69, 9.17) is 12.2 Å². The molecule has 246 valence electrons. The van der Waals surface area contributed by atoms with Crippen molar-refractivity contribution in [3.8, 4) is 0 Å². The number of hydrogen-bond donors (Lipinski definition) is 2. The second-order valence-corrected chi connectivity index (χ2v) is 21.8. The Morgan fingerprint density at radius 2 is 1.26 bits per heavy atom. The molecule has 0 radical (unpaired) electrons. The summed E-state index contributed by atoms with van der Waals surface area (Å²) >= 11 is 10.0. The maximum atomic E-state index is 13.5. The van der Waals surface area contributed by atoms with Gasteiger partial charge in [-0.15, -0.1) is 0 Å². The Morgan fingerprint density at radius 3 is 1.70 bits per heavy atom. The number of alkyl halides is 6. The Morgan fingerprint density at radius 1 is 0.783 bits per heavy atom. The van der Waals surface area contributed by atoms with Gasteiger partial charge in [-0.25, -0.2) is 0 Å². The fourth-order valence-corrected chi connectivity index (χ4v) is 14.3. The van der Waals surface area contributed by atoms with Gasteiger partial charge in [0.05, 0.1) is 0 Å². The SMILES string of the molecule is CC[C@H](C)[C@@H](CP(Br)(Cc1ccc(C)cc1)(c1ccccc1)c1ccccc1)NC(=S)Nc1cc(C(F)(F)F)cc(C(F)(F)F)c1. The third-order valence-electron chi connectivity index (χ3n) is 8.40. The Bertz CT molecular complexity index is 1560. The number of rotatable bonds is 10. The minimum absolute atomic E-state index is 0.0245. The fraction of sp³-hybridized carbons (Fsp3) is 0.286. The Kier molecular flexibility index (Phi) is 11.0. The van der Waals surface area contributed by atoms with E-state index in [-0.39, 0.29) is 23.1 Å². The van der Waals surface area contributed by atoms with Crippen LogP contribution < -0.4 is 21.2 Å². The predicted octanol–water partition coefficient (Wildman–Crippen LogP) is 10.4. The van der Waals surface area contributed by atoms with Gasteiger partial charge in [-0.2, -0.15) is 0 Å². The van der Waals surface area contributed by atoms with Crippen LogP contribution in [-0.4, -0.2) is 17.3 Å². The third-order valence-corrected chi connectivity index (χ3v) is 17.8. The number of halogens is 7. The molecule has 11 heteroatoms. The molecule has 0 unspecified atom stereocenters. The zero-order chi connectivity index (χ0) is 33.8. The van der Waals surface area contributed by atoms with Crippen LogP contribution in [0, 0.1) is 12.8 Å². The van der Waals surface area contributed by atoms with Gasteiger partial charge in [0, 0.05) is 0 Å². The molecule has 0 aromatic heterocycles. The topological polar surface area (TPSA) is 24.1 Å². The first-order valence-electron chi connectivity index (χ1n) is 14.8. The summed E-state index contributed by atoms with van der Waals surface area (Å²) in [4.78, 5) is 0. The maximum absolute atomic E-state index is 13.5. The first-order valence-corrected chi connectivity index (χ1v) is 19.8. The number of benzene rings is 4. The summed E-state index contributed by atoms with van der Waals surface area (Å²) < 4.78 is 81.3. The molecule has 0 amide bonds. The average molecular weight is 742 g/mol. The molecule has 0 fully saturated rings. The van der Waals surface area contributed by atoms with Crippen molar-refractivity contribution in [1.29, 1.82) is 0 Å². The van der Waals surface area contributed by atoms with Crippen molar-refractivity contribution < 1.29 is 26.3 Å². The molecule has 2 nitrogen and oxygen atoms in total. The van der Waals surface area contributed by atoms with Crippen molar-refractivity contribution in [3.63, 3.8) is 0 Å². The molecule has 0 aliphatic rings. The number of hydrogen-bond acceptors (Lipinski definition) is 1. The molecule has 0 bridgehead atoms. The number of anilines is 1. The molecule has 2 atom stereocenters. The fourth-order valence-electron chi connectivity index (χ4n) is 5.65. The van der Waals surface area contributed by atoms with Crippen molar-refractivity contribution in [1.82, 2.24) is 5.32 Å². The van der Waals surface area contributed by atoms with Crippen molar-refractivity contribution in [2.75, 3.05) is 11.5 Å². The van der Waals surface area contributed by atoms with E-state index in [1.165, 1.54) is 0 Å². The van der Waals surface area contributed by atoms with Crippen molar-refractivity contribution >= 4 is 54.4 Å². The quantitative estimate of drug-likeness (QED) is 0.0962. The Labute approximate surface area is 279 Å². The molecule has 0 aliphatic heterocycles. The van der Waals surface area contributed by atoms with E-state index in [9.17, 15) is 26.3 Å². The van der Waals surface area contributed by atoms with Crippen molar-refractivity contribution in [2.24, 2.45) is 5.92 Å². The predicted molar refractivity (Wildman–Crippen MR) is 187 cm³/mol. The van der Waals surface area contributed by atoms with Gasteiger partial charge in [0.25, 0.3) is 0 Å². The molecule has 2 N–H and O–H groups in total. The Balaban J connectivity index is 1.80. The van der Waals surface area contributed by atoms with Gasteiger partial charge in [0.2, 0.25) is 0 Å². The van der Waals surface area contributed by atoms with Crippen LogP contribution >= 0.6 is 33.0 Å². The summed E-state index contributed by atoms with van der Waals surface area (Å²) in [6, 6.07) is 29.8. The van der Waals surface area contributed by atoms with Gasteiger partial charge < -0.3 is 0 Å².